The Bertz CT molecular complexity index is 1090. The number of hydrogen-bond donors (Lipinski definition) is 2. The van der Waals surface area contributed by atoms with Crippen molar-refractivity contribution in [3.05, 3.63) is 70.2 Å². The van der Waals surface area contributed by atoms with E-state index in [0.717, 1.165) is 16.7 Å². The summed E-state index contributed by atoms with van der Waals surface area (Å²) in [4.78, 5) is 39.8. The molecule has 2 aliphatic rings. The van der Waals surface area contributed by atoms with E-state index in [9.17, 15) is 14.4 Å². The number of nitrogens with two attached hydrogens (primary N) is 1. The summed E-state index contributed by atoms with van der Waals surface area (Å²) in [6.45, 7) is 0.332. The molecule has 2 aromatic carbocycles. The highest BCUT2D eigenvalue weighted by molar-refractivity contribution is 6.30. The number of carbonyl (C=O) groups excluding carboxylic acids is 3. The van der Waals surface area contributed by atoms with Gasteiger partial charge in [0.05, 0.1) is 17.9 Å². The van der Waals surface area contributed by atoms with Gasteiger partial charge in [-0.15, -0.1) is 6.42 Å². The fourth-order valence-electron chi connectivity index (χ4n) is 4.26. The molecule has 31 heavy (non-hydrogen) atoms. The Balaban J connectivity index is 1.64. The molecule has 1 saturated carbocycles. The van der Waals surface area contributed by atoms with E-state index in [1.165, 1.54) is 0 Å². The van der Waals surface area contributed by atoms with Crippen LogP contribution in [-0.2, 0) is 26.3 Å². The van der Waals surface area contributed by atoms with E-state index in [2.05, 4.69) is 11.2 Å². The lowest BCUT2D eigenvalue weighted by Gasteiger charge is -2.29. The summed E-state index contributed by atoms with van der Waals surface area (Å²) in [5, 5.41) is 3.30. The molecule has 158 valence electrons. The molecular formula is C24H22ClN3O3. The highest BCUT2D eigenvalue weighted by Gasteiger charge is 2.55. The third-order valence-corrected chi connectivity index (χ3v) is 6.24. The SMILES string of the molecule is C#C[C@H](CC(N)=O)NC(=O)[C@@H]1c2ccccc2CN1C(=O)C1(c2ccc(Cl)cc2)CC1. The van der Waals surface area contributed by atoms with Crippen LogP contribution in [0, 0.1) is 12.3 Å². The highest BCUT2D eigenvalue weighted by atomic mass is 35.5. The summed E-state index contributed by atoms with van der Waals surface area (Å²) in [5.41, 5.74) is 7.15. The molecule has 3 N–H and O–H groups in total. The van der Waals surface area contributed by atoms with Crippen molar-refractivity contribution in [2.75, 3.05) is 0 Å². The molecule has 3 amide bonds. The van der Waals surface area contributed by atoms with Crippen molar-refractivity contribution in [2.24, 2.45) is 5.73 Å². The first-order valence-corrected chi connectivity index (χ1v) is 10.4. The van der Waals surface area contributed by atoms with E-state index < -0.39 is 29.3 Å². The average Bonchev–Trinajstić information content (AvgIpc) is 3.46. The van der Waals surface area contributed by atoms with Crippen LogP contribution in [0.5, 0.6) is 0 Å². The summed E-state index contributed by atoms with van der Waals surface area (Å²) in [6.07, 6.45) is 6.72. The molecule has 0 spiro atoms. The zero-order valence-corrected chi connectivity index (χ0v) is 17.6. The van der Waals surface area contributed by atoms with Crippen LogP contribution < -0.4 is 11.1 Å². The van der Waals surface area contributed by atoms with Gasteiger partial charge in [-0.05, 0) is 41.7 Å². The van der Waals surface area contributed by atoms with Crippen molar-refractivity contribution in [1.29, 1.82) is 0 Å². The number of nitrogens with one attached hydrogen (secondary N) is 1. The zero-order chi connectivity index (χ0) is 22.2. The summed E-state index contributed by atoms with van der Waals surface area (Å²) >= 11 is 6.02. The van der Waals surface area contributed by atoms with Crippen LogP contribution in [-0.4, -0.2) is 28.7 Å². The fraction of sp³-hybridized carbons (Fsp3) is 0.292. The second-order valence-corrected chi connectivity index (χ2v) is 8.46. The summed E-state index contributed by atoms with van der Waals surface area (Å²) in [6, 6.07) is 13.1. The molecule has 1 aliphatic heterocycles. The Hall–Kier alpha value is -3.30. The first-order valence-electron chi connectivity index (χ1n) is 10.1. The third-order valence-electron chi connectivity index (χ3n) is 5.99. The van der Waals surface area contributed by atoms with Crippen LogP contribution >= 0.6 is 11.6 Å². The van der Waals surface area contributed by atoms with Gasteiger partial charge in [-0.2, -0.15) is 0 Å². The van der Waals surface area contributed by atoms with Crippen molar-refractivity contribution in [2.45, 2.75) is 43.3 Å². The third kappa shape index (κ3) is 3.89. The second kappa shape index (κ2) is 8.09. The van der Waals surface area contributed by atoms with E-state index in [1.54, 1.807) is 17.0 Å². The number of primary amides is 1. The van der Waals surface area contributed by atoms with Crippen molar-refractivity contribution in [1.82, 2.24) is 10.2 Å². The highest BCUT2D eigenvalue weighted by Crippen LogP contribution is 2.52. The summed E-state index contributed by atoms with van der Waals surface area (Å²) in [7, 11) is 0. The number of nitrogens with zero attached hydrogens (tertiary/aromatic N) is 1. The number of rotatable bonds is 6. The minimum atomic E-state index is -0.833. The van der Waals surface area contributed by atoms with Gasteiger partial charge in [0, 0.05) is 11.6 Å². The van der Waals surface area contributed by atoms with Gasteiger partial charge in [0.25, 0.3) is 0 Å². The number of amides is 3. The number of hydrogen-bond acceptors (Lipinski definition) is 3. The second-order valence-electron chi connectivity index (χ2n) is 8.02. The van der Waals surface area contributed by atoms with Crippen LogP contribution in [0.1, 0.15) is 42.0 Å². The van der Waals surface area contributed by atoms with E-state index >= 15 is 0 Å². The molecule has 4 rings (SSSR count). The predicted molar refractivity (Wildman–Crippen MR) is 117 cm³/mol. The lowest BCUT2D eigenvalue weighted by Crippen LogP contribution is -2.47. The van der Waals surface area contributed by atoms with Gasteiger partial charge in [0.2, 0.25) is 17.7 Å². The van der Waals surface area contributed by atoms with Gasteiger partial charge < -0.3 is 16.0 Å². The number of benzene rings is 2. The molecule has 0 saturated heterocycles. The largest absolute Gasteiger partial charge is 0.370 e. The Morgan fingerprint density at radius 1 is 1.19 bits per heavy atom. The molecule has 2 aromatic rings. The molecule has 2 atom stereocenters. The van der Waals surface area contributed by atoms with Gasteiger partial charge in [-0.3, -0.25) is 14.4 Å². The first kappa shape index (κ1) is 21.0. The standard InChI is InChI=1S/C24H22ClN3O3/c1-2-18(13-20(26)29)27-22(30)21-19-6-4-3-5-15(19)14-28(21)23(31)24(11-12-24)16-7-9-17(25)10-8-16/h1,3-10,18,21H,11-14H2,(H2,26,29)(H,27,30)/t18-,21+/m1/s1. The monoisotopic (exact) mass is 435 g/mol. The maximum Gasteiger partial charge on any atom is 0.248 e. The topological polar surface area (TPSA) is 92.5 Å². The van der Waals surface area contributed by atoms with Gasteiger partial charge in [0.15, 0.2) is 0 Å². The normalized spacial score (nSPS) is 19.1. The molecule has 0 aromatic heterocycles. The van der Waals surface area contributed by atoms with Gasteiger partial charge in [-0.25, -0.2) is 0 Å². The number of halogens is 1. The molecule has 1 fully saturated rings. The molecule has 1 heterocycles. The molecular weight excluding hydrogens is 414 g/mol. The molecule has 0 bridgehead atoms. The molecule has 0 unspecified atom stereocenters. The molecule has 0 radical (unpaired) electrons. The maximum absolute atomic E-state index is 13.7. The predicted octanol–water partition coefficient (Wildman–Crippen LogP) is 2.45. The van der Waals surface area contributed by atoms with Gasteiger partial charge in [-0.1, -0.05) is 53.9 Å². The van der Waals surface area contributed by atoms with Crippen LogP contribution in [0.15, 0.2) is 48.5 Å². The molecule has 7 heteroatoms. The lowest BCUT2D eigenvalue weighted by molar-refractivity contribution is -0.142. The Morgan fingerprint density at radius 3 is 2.48 bits per heavy atom. The van der Waals surface area contributed by atoms with Gasteiger partial charge >= 0.3 is 0 Å². The minimum absolute atomic E-state index is 0.0988. The minimum Gasteiger partial charge on any atom is -0.370 e. The lowest BCUT2D eigenvalue weighted by atomic mass is 9.93. The van der Waals surface area contributed by atoms with Crippen molar-refractivity contribution >= 4 is 29.3 Å². The van der Waals surface area contributed by atoms with E-state index in [4.69, 9.17) is 23.8 Å². The maximum atomic E-state index is 13.7. The molecule has 1 aliphatic carbocycles. The van der Waals surface area contributed by atoms with Crippen molar-refractivity contribution in [3.8, 4) is 12.3 Å². The molecule has 6 nitrogen and oxygen atoms in total. The van der Waals surface area contributed by atoms with Crippen LogP contribution in [0.2, 0.25) is 5.02 Å². The number of carbonyl (C=O) groups is 3. The van der Waals surface area contributed by atoms with Gasteiger partial charge in [0.1, 0.15) is 6.04 Å². The Morgan fingerprint density at radius 2 is 1.87 bits per heavy atom. The van der Waals surface area contributed by atoms with E-state index in [1.807, 2.05) is 36.4 Å². The summed E-state index contributed by atoms with van der Waals surface area (Å²) < 4.78 is 0. The van der Waals surface area contributed by atoms with Crippen LogP contribution in [0.4, 0.5) is 0 Å². The van der Waals surface area contributed by atoms with E-state index in [0.29, 0.717) is 24.4 Å². The number of terminal acetylenes is 1. The first-order chi connectivity index (χ1) is 14.9. The van der Waals surface area contributed by atoms with Crippen molar-refractivity contribution in [3.63, 3.8) is 0 Å². The quantitative estimate of drug-likeness (QED) is 0.682. The summed E-state index contributed by atoms with van der Waals surface area (Å²) in [5.74, 6) is 1.25. The van der Waals surface area contributed by atoms with Crippen LogP contribution in [0.3, 0.4) is 0 Å². The smallest absolute Gasteiger partial charge is 0.248 e. The Labute approximate surface area is 185 Å². The Kier molecular flexibility index (Phi) is 5.47. The number of fused-ring (bicyclic) bond motifs is 1. The van der Waals surface area contributed by atoms with Crippen molar-refractivity contribution < 1.29 is 14.4 Å². The fourth-order valence-corrected chi connectivity index (χ4v) is 4.38. The van der Waals surface area contributed by atoms with E-state index in [-0.39, 0.29) is 12.3 Å². The zero-order valence-electron chi connectivity index (χ0n) is 16.8. The average molecular weight is 436 g/mol. The van der Waals surface area contributed by atoms with Crippen LogP contribution in [0.25, 0.3) is 0 Å².